The molecule has 0 radical (unpaired) electrons. The van der Waals surface area contributed by atoms with Crippen LogP contribution in [0.1, 0.15) is 5.69 Å². The Bertz CT molecular complexity index is 529. The summed E-state index contributed by atoms with van der Waals surface area (Å²) in [6.45, 7) is 0.583. The van der Waals surface area contributed by atoms with Gasteiger partial charge in [0.1, 0.15) is 11.5 Å². The number of aromatic hydroxyl groups is 1. The van der Waals surface area contributed by atoms with Crippen molar-refractivity contribution in [3.63, 3.8) is 0 Å². The lowest BCUT2D eigenvalue weighted by molar-refractivity contribution is 0.414. The topological polar surface area (TPSA) is 54.4 Å². The Morgan fingerprint density at radius 2 is 2.17 bits per heavy atom. The Balaban J connectivity index is 2.05. The van der Waals surface area contributed by atoms with Crippen molar-refractivity contribution in [2.45, 2.75) is 6.54 Å². The highest BCUT2D eigenvalue weighted by atomic mass is 79.9. The van der Waals surface area contributed by atoms with E-state index in [1.165, 1.54) is 6.20 Å². The zero-order valence-corrected chi connectivity index (χ0v) is 11.4. The van der Waals surface area contributed by atoms with E-state index in [1.54, 1.807) is 19.2 Å². The van der Waals surface area contributed by atoms with Gasteiger partial charge in [0.25, 0.3) is 0 Å². The molecule has 0 spiro atoms. The van der Waals surface area contributed by atoms with Gasteiger partial charge in [0.2, 0.25) is 0 Å². The van der Waals surface area contributed by atoms with Crippen molar-refractivity contribution in [3.8, 4) is 11.5 Å². The van der Waals surface area contributed by atoms with E-state index in [1.807, 2.05) is 18.2 Å². The molecule has 4 nitrogen and oxygen atoms in total. The lowest BCUT2D eigenvalue weighted by atomic mass is 10.3. The molecule has 0 unspecified atom stereocenters. The molecule has 0 aliphatic heterocycles. The van der Waals surface area contributed by atoms with Gasteiger partial charge in [0.15, 0.2) is 0 Å². The number of rotatable bonds is 4. The van der Waals surface area contributed by atoms with Crippen LogP contribution in [-0.4, -0.2) is 17.2 Å². The van der Waals surface area contributed by atoms with Crippen molar-refractivity contribution in [1.82, 2.24) is 4.98 Å². The number of nitrogens with zero attached hydrogens (tertiary/aromatic N) is 1. The second kappa shape index (κ2) is 5.73. The fourth-order valence-electron chi connectivity index (χ4n) is 1.50. The van der Waals surface area contributed by atoms with Gasteiger partial charge in [-0.15, -0.1) is 0 Å². The van der Waals surface area contributed by atoms with Gasteiger partial charge in [-0.3, -0.25) is 4.98 Å². The van der Waals surface area contributed by atoms with E-state index in [0.29, 0.717) is 6.54 Å². The van der Waals surface area contributed by atoms with Crippen molar-refractivity contribution in [3.05, 3.63) is 46.7 Å². The van der Waals surface area contributed by atoms with Crippen LogP contribution in [0.4, 0.5) is 5.69 Å². The van der Waals surface area contributed by atoms with Crippen LogP contribution in [0, 0.1) is 0 Å². The summed E-state index contributed by atoms with van der Waals surface area (Å²) < 4.78 is 6.13. The van der Waals surface area contributed by atoms with Crippen LogP contribution >= 0.6 is 15.9 Å². The molecule has 0 amide bonds. The third-order valence-electron chi connectivity index (χ3n) is 2.39. The van der Waals surface area contributed by atoms with Gasteiger partial charge in [-0.1, -0.05) is 15.9 Å². The third-order valence-corrected chi connectivity index (χ3v) is 2.85. The van der Waals surface area contributed by atoms with E-state index in [-0.39, 0.29) is 5.75 Å². The van der Waals surface area contributed by atoms with Gasteiger partial charge in [0.05, 0.1) is 25.5 Å². The van der Waals surface area contributed by atoms with Crippen molar-refractivity contribution in [1.29, 1.82) is 0 Å². The maximum absolute atomic E-state index is 9.14. The average Bonchev–Trinajstić information content (AvgIpc) is 2.37. The molecule has 0 saturated heterocycles. The number of methoxy groups -OCH3 is 1. The number of anilines is 1. The Morgan fingerprint density at radius 3 is 2.83 bits per heavy atom. The van der Waals surface area contributed by atoms with E-state index in [4.69, 9.17) is 9.84 Å². The zero-order chi connectivity index (χ0) is 13.0. The van der Waals surface area contributed by atoms with E-state index in [2.05, 4.69) is 26.2 Å². The molecule has 94 valence electrons. The number of hydrogen-bond acceptors (Lipinski definition) is 4. The lowest BCUT2D eigenvalue weighted by Crippen LogP contribution is -2.01. The smallest absolute Gasteiger partial charge is 0.133 e. The van der Waals surface area contributed by atoms with Crippen molar-refractivity contribution in [2.75, 3.05) is 12.4 Å². The number of hydrogen-bond donors (Lipinski definition) is 2. The van der Waals surface area contributed by atoms with Crippen LogP contribution in [-0.2, 0) is 6.54 Å². The molecule has 0 saturated carbocycles. The number of nitrogens with one attached hydrogen (secondary N) is 1. The second-order valence-corrected chi connectivity index (χ2v) is 4.66. The monoisotopic (exact) mass is 308 g/mol. The minimum absolute atomic E-state index is 0.169. The highest BCUT2D eigenvalue weighted by Crippen LogP contribution is 2.24. The second-order valence-electron chi connectivity index (χ2n) is 3.74. The minimum Gasteiger partial charge on any atom is -0.506 e. The number of halogens is 1. The molecule has 2 aromatic rings. The van der Waals surface area contributed by atoms with Crippen LogP contribution < -0.4 is 10.1 Å². The van der Waals surface area contributed by atoms with Crippen LogP contribution in [0.5, 0.6) is 11.5 Å². The molecule has 2 rings (SSSR count). The molecule has 1 heterocycles. The quantitative estimate of drug-likeness (QED) is 0.911. The molecular formula is C13H13BrN2O2. The highest BCUT2D eigenvalue weighted by molar-refractivity contribution is 9.10. The Hall–Kier alpha value is -1.75. The SMILES string of the molecule is COc1cc(Br)cc(NCc2ccc(O)cn2)c1. The first-order valence-corrected chi connectivity index (χ1v) is 6.19. The minimum atomic E-state index is 0.169. The summed E-state index contributed by atoms with van der Waals surface area (Å²) in [6.07, 6.45) is 1.43. The van der Waals surface area contributed by atoms with E-state index < -0.39 is 0 Å². The van der Waals surface area contributed by atoms with E-state index in [0.717, 1.165) is 21.6 Å². The molecule has 2 N–H and O–H groups in total. The maximum atomic E-state index is 9.14. The number of benzene rings is 1. The maximum Gasteiger partial charge on any atom is 0.133 e. The van der Waals surface area contributed by atoms with Crippen LogP contribution in [0.15, 0.2) is 41.0 Å². The predicted octanol–water partition coefficient (Wildman–Crippen LogP) is 3.17. The Labute approximate surface area is 114 Å². The number of pyridine rings is 1. The molecule has 1 aromatic heterocycles. The molecule has 1 aromatic carbocycles. The molecule has 0 aliphatic carbocycles. The lowest BCUT2D eigenvalue weighted by Gasteiger charge is -2.08. The summed E-state index contributed by atoms with van der Waals surface area (Å²) in [5, 5.41) is 12.4. The summed E-state index contributed by atoms with van der Waals surface area (Å²) in [6, 6.07) is 9.15. The third kappa shape index (κ3) is 3.37. The Morgan fingerprint density at radius 1 is 1.33 bits per heavy atom. The standard InChI is InChI=1S/C13H13BrN2O2/c1-18-13-5-9(14)4-11(6-13)15-7-10-2-3-12(17)8-16-10/h2-6,8,15,17H,7H2,1H3. The number of ether oxygens (including phenoxy) is 1. The van der Waals surface area contributed by atoms with Gasteiger partial charge in [0, 0.05) is 16.2 Å². The fourth-order valence-corrected chi connectivity index (χ4v) is 1.97. The molecule has 5 heteroatoms. The van der Waals surface area contributed by atoms with Crippen LogP contribution in [0.2, 0.25) is 0 Å². The normalized spacial score (nSPS) is 10.1. The average molecular weight is 309 g/mol. The molecule has 0 aliphatic rings. The fraction of sp³-hybridized carbons (Fsp3) is 0.154. The molecular weight excluding hydrogens is 296 g/mol. The molecule has 0 fully saturated rings. The van der Waals surface area contributed by atoms with Crippen LogP contribution in [0.3, 0.4) is 0 Å². The molecule has 18 heavy (non-hydrogen) atoms. The van der Waals surface area contributed by atoms with Crippen molar-refractivity contribution >= 4 is 21.6 Å². The van der Waals surface area contributed by atoms with Crippen molar-refractivity contribution < 1.29 is 9.84 Å². The van der Waals surface area contributed by atoms with E-state index in [9.17, 15) is 0 Å². The Kier molecular flexibility index (Phi) is 4.04. The first-order valence-electron chi connectivity index (χ1n) is 5.40. The predicted molar refractivity (Wildman–Crippen MR) is 73.9 cm³/mol. The summed E-state index contributed by atoms with van der Waals surface area (Å²) in [5.74, 6) is 0.952. The van der Waals surface area contributed by atoms with Crippen molar-refractivity contribution in [2.24, 2.45) is 0 Å². The number of aromatic nitrogens is 1. The van der Waals surface area contributed by atoms with Gasteiger partial charge in [-0.05, 0) is 24.3 Å². The largest absolute Gasteiger partial charge is 0.506 e. The summed E-state index contributed by atoms with van der Waals surface area (Å²) in [7, 11) is 1.63. The van der Waals surface area contributed by atoms with Gasteiger partial charge in [-0.2, -0.15) is 0 Å². The van der Waals surface area contributed by atoms with Crippen LogP contribution in [0.25, 0.3) is 0 Å². The molecule has 0 bridgehead atoms. The summed E-state index contributed by atoms with van der Waals surface area (Å²) >= 11 is 3.42. The summed E-state index contributed by atoms with van der Waals surface area (Å²) in [4.78, 5) is 4.10. The van der Waals surface area contributed by atoms with E-state index >= 15 is 0 Å². The zero-order valence-electron chi connectivity index (χ0n) is 9.85. The van der Waals surface area contributed by atoms with Gasteiger partial charge >= 0.3 is 0 Å². The first-order chi connectivity index (χ1) is 8.67. The van der Waals surface area contributed by atoms with Gasteiger partial charge in [-0.25, -0.2) is 0 Å². The highest BCUT2D eigenvalue weighted by Gasteiger charge is 2.00. The van der Waals surface area contributed by atoms with Gasteiger partial charge < -0.3 is 15.2 Å². The molecule has 0 atom stereocenters. The summed E-state index contributed by atoms with van der Waals surface area (Å²) in [5.41, 5.74) is 1.79. The first kappa shape index (κ1) is 12.7.